The van der Waals surface area contributed by atoms with Crippen LogP contribution < -0.4 is 10.1 Å². The molecule has 1 fully saturated rings. The normalized spacial score (nSPS) is 19.3. The minimum absolute atomic E-state index is 0.0391. The molecule has 1 unspecified atom stereocenters. The lowest BCUT2D eigenvalue weighted by atomic mass is 10.2. The second-order valence-corrected chi connectivity index (χ2v) is 8.32. The third-order valence-electron chi connectivity index (χ3n) is 3.85. The summed E-state index contributed by atoms with van der Waals surface area (Å²) < 4.78 is 28.5. The number of nitrogens with one attached hydrogen (secondary N) is 1. The molecule has 0 saturated carbocycles. The van der Waals surface area contributed by atoms with Crippen LogP contribution in [0.1, 0.15) is 12.0 Å². The molecule has 1 aliphatic heterocycles. The molecule has 128 valence electrons. The molecule has 0 aliphatic carbocycles. The first kappa shape index (κ1) is 17.9. The summed E-state index contributed by atoms with van der Waals surface area (Å²) in [7, 11) is -1.38. The fourth-order valence-electron chi connectivity index (χ4n) is 2.47. The molecule has 1 atom stereocenters. The number of carbonyl (C=O) groups is 1. The first-order chi connectivity index (χ1) is 10.8. The van der Waals surface area contributed by atoms with Gasteiger partial charge in [0.2, 0.25) is 0 Å². The van der Waals surface area contributed by atoms with Gasteiger partial charge >= 0.3 is 6.03 Å². The van der Waals surface area contributed by atoms with Crippen LogP contribution >= 0.6 is 11.6 Å². The van der Waals surface area contributed by atoms with Crippen LogP contribution in [-0.2, 0) is 9.84 Å². The molecule has 1 N–H and O–H groups in total. The number of nitrogens with zero attached hydrogens (tertiary/aromatic N) is 1. The molecule has 1 saturated heterocycles. The molecule has 23 heavy (non-hydrogen) atoms. The SMILES string of the molecule is Cc1cc(Cl)ccc1OCCNC(=O)N(C)C1CCS(=O)(=O)C1. The average molecular weight is 361 g/mol. The zero-order valence-corrected chi connectivity index (χ0v) is 14.8. The van der Waals surface area contributed by atoms with Crippen LogP contribution in [0.15, 0.2) is 18.2 Å². The quantitative estimate of drug-likeness (QED) is 0.813. The summed E-state index contributed by atoms with van der Waals surface area (Å²) in [5, 5.41) is 3.38. The topological polar surface area (TPSA) is 75.7 Å². The molecule has 1 heterocycles. The van der Waals surface area contributed by atoms with Gasteiger partial charge in [0.1, 0.15) is 12.4 Å². The molecule has 0 aromatic heterocycles. The molecule has 1 aliphatic rings. The van der Waals surface area contributed by atoms with Crippen molar-refractivity contribution < 1.29 is 17.9 Å². The van der Waals surface area contributed by atoms with Crippen LogP contribution in [0.2, 0.25) is 5.02 Å². The highest BCUT2D eigenvalue weighted by atomic mass is 35.5. The summed E-state index contributed by atoms with van der Waals surface area (Å²) in [6.07, 6.45) is 0.493. The third kappa shape index (κ3) is 5.00. The Morgan fingerprint density at radius 1 is 1.48 bits per heavy atom. The van der Waals surface area contributed by atoms with E-state index in [0.717, 1.165) is 11.3 Å². The van der Waals surface area contributed by atoms with Crippen LogP contribution in [0.3, 0.4) is 0 Å². The number of aryl methyl sites for hydroxylation is 1. The van der Waals surface area contributed by atoms with E-state index in [1.165, 1.54) is 4.90 Å². The number of rotatable bonds is 5. The van der Waals surface area contributed by atoms with Crippen molar-refractivity contribution in [3.63, 3.8) is 0 Å². The highest BCUT2D eigenvalue weighted by Gasteiger charge is 2.32. The van der Waals surface area contributed by atoms with E-state index in [4.69, 9.17) is 16.3 Å². The van der Waals surface area contributed by atoms with E-state index in [1.54, 1.807) is 19.2 Å². The van der Waals surface area contributed by atoms with Crippen LogP contribution in [0.4, 0.5) is 4.79 Å². The second-order valence-electron chi connectivity index (χ2n) is 5.66. The monoisotopic (exact) mass is 360 g/mol. The number of halogens is 1. The molecule has 2 amide bonds. The predicted molar refractivity (Wildman–Crippen MR) is 89.9 cm³/mol. The van der Waals surface area contributed by atoms with Crippen molar-refractivity contribution in [2.45, 2.75) is 19.4 Å². The summed E-state index contributed by atoms with van der Waals surface area (Å²) in [5.74, 6) is 0.907. The molecule has 0 bridgehead atoms. The Labute approximate surface area is 141 Å². The van der Waals surface area contributed by atoms with Gasteiger partial charge in [-0.3, -0.25) is 0 Å². The Kier molecular flexibility index (Phi) is 5.75. The van der Waals surface area contributed by atoms with Crippen molar-refractivity contribution in [1.82, 2.24) is 10.2 Å². The largest absolute Gasteiger partial charge is 0.491 e. The first-order valence-corrected chi connectivity index (χ1v) is 9.58. The highest BCUT2D eigenvalue weighted by molar-refractivity contribution is 7.91. The van der Waals surface area contributed by atoms with Gasteiger partial charge in [0.15, 0.2) is 9.84 Å². The predicted octanol–water partition coefficient (Wildman–Crippen LogP) is 1.86. The number of ether oxygens (including phenoxy) is 1. The zero-order valence-electron chi connectivity index (χ0n) is 13.2. The van der Waals surface area contributed by atoms with E-state index < -0.39 is 9.84 Å². The highest BCUT2D eigenvalue weighted by Crippen LogP contribution is 2.21. The number of sulfone groups is 1. The fourth-order valence-corrected chi connectivity index (χ4v) is 4.47. The van der Waals surface area contributed by atoms with Crippen LogP contribution in [0, 0.1) is 6.92 Å². The molecule has 6 nitrogen and oxygen atoms in total. The summed E-state index contributed by atoms with van der Waals surface area (Å²) in [6, 6.07) is 4.80. The summed E-state index contributed by atoms with van der Waals surface area (Å²) in [4.78, 5) is 13.5. The number of carbonyl (C=O) groups excluding carboxylic acids is 1. The summed E-state index contributed by atoms with van der Waals surface area (Å²) in [5.41, 5.74) is 0.928. The lowest BCUT2D eigenvalue weighted by Crippen LogP contribution is -2.45. The number of benzene rings is 1. The van der Waals surface area contributed by atoms with Crippen LogP contribution in [-0.4, -0.2) is 57.1 Å². The van der Waals surface area contributed by atoms with E-state index in [2.05, 4.69) is 5.32 Å². The number of hydrogen-bond acceptors (Lipinski definition) is 4. The van der Waals surface area contributed by atoms with Crippen LogP contribution in [0.5, 0.6) is 5.75 Å². The van der Waals surface area contributed by atoms with Gasteiger partial charge < -0.3 is 15.0 Å². The maximum atomic E-state index is 12.0. The van der Waals surface area contributed by atoms with Gasteiger partial charge in [0.25, 0.3) is 0 Å². The number of hydrogen-bond donors (Lipinski definition) is 1. The van der Waals surface area contributed by atoms with Crippen molar-refractivity contribution in [1.29, 1.82) is 0 Å². The van der Waals surface area contributed by atoms with Gasteiger partial charge in [0.05, 0.1) is 18.1 Å². The minimum atomic E-state index is -3.00. The van der Waals surface area contributed by atoms with Gasteiger partial charge in [-0.05, 0) is 37.1 Å². The maximum absolute atomic E-state index is 12.0. The number of urea groups is 1. The number of amides is 2. The fraction of sp³-hybridized carbons (Fsp3) is 0.533. The van der Waals surface area contributed by atoms with E-state index >= 15 is 0 Å². The Morgan fingerprint density at radius 3 is 2.83 bits per heavy atom. The van der Waals surface area contributed by atoms with Gasteiger partial charge in [-0.25, -0.2) is 13.2 Å². The lowest BCUT2D eigenvalue weighted by molar-refractivity contribution is 0.192. The van der Waals surface area contributed by atoms with E-state index in [9.17, 15) is 13.2 Å². The molecular formula is C15H21ClN2O4S. The smallest absolute Gasteiger partial charge is 0.317 e. The van der Waals surface area contributed by atoms with E-state index in [-0.39, 0.29) is 23.6 Å². The molecule has 1 aromatic rings. The minimum Gasteiger partial charge on any atom is -0.491 e. The van der Waals surface area contributed by atoms with Crippen molar-refractivity contribution in [2.24, 2.45) is 0 Å². The summed E-state index contributed by atoms with van der Waals surface area (Å²) in [6.45, 7) is 2.56. The van der Waals surface area contributed by atoms with E-state index in [0.29, 0.717) is 24.6 Å². The second kappa shape index (κ2) is 7.40. The van der Waals surface area contributed by atoms with Gasteiger partial charge in [-0.1, -0.05) is 11.6 Å². The molecule has 8 heteroatoms. The van der Waals surface area contributed by atoms with Crippen molar-refractivity contribution in [2.75, 3.05) is 31.7 Å². The van der Waals surface area contributed by atoms with Crippen molar-refractivity contribution in [3.05, 3.63) is 28.8 Å². The Bertz CT molecular complexity index is 678. The van der Waals surface area contributed by atoms with Gasteiger partial charge in [-0.15, -0.1) is 0 Å². The van der Waals surface area contributed by atoms with Gasteiger partial charge in [0, 0.05) is 18.1 Å². The molecule has 0 spiro atoms. The lowest BCUT2D eigenvalue weighted by Gasteiger charge is -2.23. The molecule has 0 radical (unpaired) electrons. The Hall–Kier alpha value is -1.47. The Balaban J connectivity index is 1.74. The molecule has 2 rings (SSSR count). The third-order valence-corrected chi connectivity index (χ3v) is 5.83. The zero-order chi connectivity index (χ0) is 17.0. The molecular weight excluding hydrogens is 340 g/mol. The maximum Gasteiger partial charge on any atom is 0.317 e. The average Bonchev–Trinajstić information content (AvgIpc) is 2.84. The standard InChI is InChI=1S/C15H21ClN2O4S/c1-11-9-12(16)3-4-14(11)22-7-6-17-15(19)18(2)13-5-8-23(20,21)10-13/h3-4,9,13H,5-8,10H2,1-2H3,(H,17,19). The van der Waals surface area contributed by atoms with Crippen molar-refractivity contribution in [3.8, 4) is 5.75 Å². The molecule has 1 aromatic carbocycles. The van der Waals surface area contributed by atoms with E-state index in [1.807, 2.05) is 13.0 Å². The first-order valence-electron chi connectivity index (χ1n) is 7.38. The van der Waals surface area contributed by atoms with Crippen LogP contribution in [0.25, 0.3) is 0 Å². The van der Waals surface area contributed by atoms with Gasteiger partial charge in [-0.2, -0.15) is 0 Å². The summed E-state index contributed by atoms with van der Waals surface area (Å²) >= 11 is 5.88. The van der Waals surface area contributed by atoms with Crippen molar-refractivity contribution >= 4 is 27.5 Å². The Morgan fingerprint density at radius 2 is 2.22 bits per heavy atom.